The molecule has 2 aromatic rings. The highest BCUT2D eigenvalue weighted by Crippen LogP contribution is 2.22. The Hall–Kier alpha value is -2.37. The van der Waals surface area contributed by atoms with Gasteiger partial charge in [0.15, 0.2) is 0 Å². The van der Waals surface area contributed by atoms with E-state index >= 15 is 0 Å². The van der Waals surface area contributed by atoms with Crippen LogP contribution in [-0.4, -0.2) is 45.2 Å². The zero-order chi connectivity index (χ0) is 14.1. The molecule has 1 atom stereocenters. The normalized spacial score (nSPS) is 18.6. The number of carbonyl (C=O) groups excluding carboxylic acids is 1. The van der Waals surface area contributed by atoms with Gasteiger partial charge in [-0.15, -0.1) is 0 Å². The van der Waals surface area contributed by atoms with Crippen LogP contribution in [0, 0.1) is 5.92 Å². The van der Waals surface area contributed by atoms with Crippen molar-refractivity contribution in [2.45, 2.75) is 12.8 Å². The van der Waals surface area contributed by atoms with E-state index in [2.05, 4.69) is 10.2 Å². The topological polar surface area (TPSA) is 86.3 Å². The molecule has 0 aliphatic carbocycles. The van der Waals surface area contributed by atoms with E-state index in [1.165, 1.54) is 0 Å². The molecule has 1 aliphatic heterocycles. The lowest BCUT2D eigenvalue weighted by molar-refractivity contribution is -0.138. The minimum atomic E-state index is -0.803. The molecule has 3 rings (SSSR count). The summed E-state index contributed by atoms with van der Waals surface area (Å²) in [5.74, 6) is -0.787. The van der Waals surface area contributed by atoms with Gasteiger partial charge in [-0.3, -0.25) is 14.7 Å². The number of likely N-dealkylation sites (tertiary alicyclic amines) is 1. The largest absolute Gasteiger partial charge is 0.481 e. The zero-order valence-electron chi connectivity index (χ0n) is 10.9. The van der Waals surface area contributed by atoms with E-state index in [9.17, 15) is 9.59 Å². The molecule has 1 aromatic heterocycles. The van der Waals surface area contributed by atoms with Crippen molar-refractivity contribution in [1.82, 2.24) is 15.1 Å². The third-order valence-corrected chi connectivity index (χ3v) is 3.73. The Morgan fingerprint density at radius 1 is 1.45 bits per heavy atom. The number of H-pyrrole nitrogens is 1. The number of fused-ring (bicyclic) bond motifs is 1. The second kappa shape index (κ2) is 4.96. The van der Waals surface area contributed by atoms with Gasteiger partial charge in [0.2, 0.25) is 0 Å². The van der Waals surface area contributed by atoms with Crippen molar-refractivity contribution >= 4 is 22.8 Å². The second-order valence-electron chi connectivity index (χ2n) is 5.18. The molecule has 1 amide bonds. The van der Waals surface area contributed by atoms with Gasteiger partial charge in [-0.2, -0.15) is 5.10 Å². The Morgan fingerprint density at radius 3 is 3.10 bits per heavy atom. The number of aliphatic carboxylic acids is 1. The van der Waals surface area contributed by atoms with Crippen molar-refractivity contribution in [3.05, 3.63) is 30.0 Å². The number of aromatic nitrogens is 2. The van der Waals surface area contributed by atoms with Crippen LogP contribution in [0.15, 0.2) is 24.4 Å². The van der Waals surface area contributed by atoms with Crippen LogP contribution in [0.3, 0.4) is 0 Å². The van der Waals surface area contributed by atoms with Crippen LogP contribution in [0.4, 0.5) is 0 Å². The molecule has 6 nitrogen and oxygen atoms in total. The van der Waals surface area contributed by atoms with Crippen molar-refractivity contribution in [3.63, 3.8) is 0 Å². The minimum absolute atomic E-state index is 0.0469. The predicted octanol–water partition coefficient (Wildman–Crippen LogP) is 1.50. The highest BCUT2D eigenvalue weighted by Gasteiger charge is 2.28. The average Bonchev–Trinajstić information content (AvgIpc) is 3.04. The van der Waals surface area contributed by atoms with E-state index in [0.29, 0.717) is 18.7 Å². The van der Waals surface area contributed by atoms with Crippen molar-refractivity contribution in [2.75, 3.05) is 13.1 Å². The van der Waals surface area contributed by atoms with Gasteiger partial charge in [-0.05, 0) is 24.5 Å². The summed E-state index contributed by atoms with van der Waals surface area (Å²) in [7, 11) is 0. The predicted molar refractivity (Wildman–Crippen MR) is 72.4 cm³/mol. The summed E-state index contributed by atoms with van der Waals surface area (Å²) >= 11 is 0. The first kappa shape index (κ1) is 12.7. The van der Waals surface area contributed by atoms with Crippen LogP contribution in [0.25, 0.3) is 10.9 Å². The Balaban J connectivity index is 1.74. The van der Waals surface area contributed by atoms with E-state index in [1.807, 2.05) is 6.07 Å². The van der Waals surface area contributed by atoms with Crippen LogP contribution in [0.1, 0.15) is 23.2 Å². The summed E-state index contributed by atoms with van der Waals surface area (Å²) in [5, 5.41) is 16.5. The molecule has 1 aromatic carbocycles. The van der Waals surface area contributed by atoms with Gasteiger partial charge in [-0.25, -0.2) is 0 Å². The number of nitrogens with one attached hydrogen (secondary N) is 1. The molecule has 0 bridgehead atoms. The molecule has 1 aliphatic rings. The molecule has 6 heteroatoms. The number of rotatable bonds is 3. The summed E-state index contributed by atoms with van der Waals surface area (Å²) in [6.07, 6.45) is 2.59. The Kier molecular flexibility index (Phi) is 3.14. The molecule has 2 heterocycles. The van der Waals surface area contributed by atoms with Gasteiger partial charge >= 0.3 is 5.97 Å². The Morgan fingerprint density at radius 2 is 2.30 bits per heavy atom. The number of carboxylic acid groups (broad SMARTS) is 1. The summed E-state index contributed by atoms with van der Waals surface area (Å²) in [5.41, 5.74) is 1.44. The number of carbonyl (C=O) groups is 2. The molecule has 2 N–H and O–H groups in total. The zero-order valence-corrected chi connectivity index (χ0v) is 10.9. The van der Waals surface area contributed by atoms with Crippen molar-refractivity contribution in [1.29, 1.82) is 0 Å². The van der Waals surface area contributed by atoms with Crippen LogP contribution in [0.2, 0.25) is 0 Å². The van der Waals surface area contributed by atoms with Crippen LogP contribution < -0.4 is 0 Å². The molecule has 0 saturated carbocycles. The van der Waals surface area contributed by atoms with E-state index in [4.69, 9.17) is 5.11 Å². The lowest BCUT2D eigenvalue weighted by Gasteiger charge is -2.16. The third-order valence-electron chi connectivity index (χ3n) is 3.73. The summed E-state index contributed by atoms with van der Waals surface area (Å²) in [6, 6.07) is 5.43. The van der Waals surface area contributed by atoms with Crippen molar-refractivity contribution < 1.29 is 14.7 Å². The molecule has 1 fully saturated rings. The summed E-state index contributed by atoms with van der Waals surface area (Å²) < 4.78 is 0. The molecule has 20 heavy (non-hydrogen) atoms. The van der Waals surface area contributed by atoms with Gasteiger partial charge in [0.05, 0.1) is 11.7 Å². The monoisotopic (exact) mass is 273 g/mol. The van der Waals surface area contributed by atoms with Gasteiger partial charge in [0.1, 0.15) is 0 Å². The average molecular weight is 273 g/mol. The Labute approximate surface area is 115 Å². The first-order valence-corrected chi connectivity index (χ1v) is 6.57. The van der Waals surface area contributed by atoms with Crippen LogP contribution >= 0.6 is 0 Å². The van der Waals surface area contributed by atoms with E-state index < -0.39 is 5.97 Å². The molecule has 104 valence electrons. The fraction of sp³-hybridized carbons (Fsp3) is 0.357. The van der Waals surface area contributed by atoms with E-state index in [-0.39, 0.29) is 18.2 Å². The highest BCUT2D eigenvalue weighted by atomic mass is 16.4. The molecule has 0 radical (unpaired) electrons. The highest BCUT2D eigenvalue weighted by molar-refractivity contribution is 5.97. The molecule has 0 spiro atoms. The second-order valence-corrected chi connectivity index (χ2v) is 5.18. The van der Waals surface area contributed by atoms with Crippen LogP contribution in [0.5, 0.6) is 0 Å². The maximum Gasteiger partial charge on any atom is 0.303 e. The lowest BCUT2D eigenvalue weighted by Crippen LogP contribution is -2.28. The third kappa shape index (κ3) is 2.36. The maximum absolute atomic E-state index is 12.4. The minimum Gasteiger partial charge on any atom is -0.481 e. The number of hydrogen-bond acceptors (Lipinski definition) is 3. The standard InChI is InChI=1S/C14H15N3O3/c18-13(19)5-9-3-4-17(8-9)14(20)10-1-2-11-7-15-16-12(11)6-10/h1-2,6-7,9H,3-5,8H2,(H,15,16)(H,18,19). The number of carboxylic acids is 1. The van der Waals surface area contributed by atoms with Crippen molar-refractivity contribution in [2.24, 2.45) is 5.92 Å². The van der Waals surface area contributed by atoms with Gasteiger partial charge < -0.3 is 10.0 Å². The first-order chi connectivity index (χ1) is 9.63. The molecular weight excluding hydrogens is 258 g/mol. The quantitative estimate of drug-likeness (QED) is 0.887. The van der Waals surface area contributed by atoms with E-state index in [0.717, 1.165) is 17.3 Å². The number of benzene rings is 1. The number of nitrogens with zero attached hydrogens (tertiary/aromatic N) is 2. The smallest absolute Gasteiger partial charge is 0.303 e. The maximum atomic E-state index is 12.4. The molecule has 1 unspecified atom stereocenters. The lowest BCUT2D eigenvalue weighted by atomic mass is 10.1. The summed E-state index contributed by atoms with van der Waals surface area (Å²) in [4.78, 5) is 24.8. The van der Waals surface area contributed by atoms with Crippen LogP contribution in [-0.2, 0) is 4.79 Å². The fourth-order valence-electron chi connectivity index (χ4n) is 2.68. The van der Waals surface area contributed by atoms with Gasteiger partial charge in [-0.1, -0.05) is 6.07 Å². The van der Waals surface area contributed by atoms with Gasteiger partial charge in [0, 0.05) is 30.5 Å². The number of hydrogen-bond donors (Lipinski definition) is 2. The first-order valence-electron chi connectivity index (χ1n) is 6.57. The van der Waals surface area contributed by atoms with Gasteiger partial charge in [0.25, 0.3) is 5.91 Å². The SMILES string of the molecule is O=C(O)CC1CCN(C(=O)c2ccc3cn[nH]c3c2)C1. The summed E-state index contributed by atoms with van der Waals surface area (Å²) in [6.45, 7) is 1.14. The van der Waals surface area contributed by atoms with E-state index in [1.54, 1.807) is 23.2 Å². The Bertz CT molecular complexity index is 664. The van der Waals surface area contributed by atoms with Crippen molar-refractivity contribution in [3.8, 4) is 0 Å². The molecular formula is C14H15N3O3. The number of amides is 1. The fourth-order valence-corrected chi connectivity index (χ4v) is 2.68. The molecule has 1 saturated heterocycles. The number of aromatic amines is 1.